The Labute approximate surface area is 251 Å². The summed E-state index contributed by atoms with van der Waals surface area (Å²) in [5.41, 5.74) is 2.84. The number of piperidine rings is 1. The molecule has 0 radical (unpaired) electrons. The molecule has 8 nitrogen and oxygen atoms in total. The van der Waals surface area contributed by atoms with Crippen LogP contribution < -0.4 is 5.32 Å². The lowest BCUT2D eigenvalue weighted by Crippen LogP contribution is -2.43. The number of likely N-dealkylation sites (tertiary alicyclic amines) is 1. The van der Waals surface area contributed by atoms with Gasteiger partial charge in [-0.2, -0.15) is 0 Å². The molecule has 2 aromatic carbocycles. The predicted octanol–water partition coefficient (Wildman–Crippen LogP) is 5.35. The molecule has 1 aliphatic rings. The summed E-state index contributed by atoms with van der Waals surface area (Å²) in [4.78, 5) is 48.6. The van der Waals surface area contributed by atoms with Crippen molar-refractivity contribution in [3.63, 3.8) is 0 Å². The molecule has 0 aliphatic carbocycles. The van der Waals surface area contributed by atoms with E-state index >= 15 is 0 Å². The summed E-state index contributed by atoms with van der Waals surface area (Å²) in [5, 5.41) is 11.1. The van der Waals surface area contributed by atoms with Gasteiger partial charge < -0.3 is 20.2 Å². The Balaban J connectivity index is 0.000000330. The number of carboxylic acids is 1. The molecule has 0 bridgehead atoms. The third kappa shape index (κ3) is 13.3. The fourth-order valence-electron chi connectivity index (χ4n) is 4.39. The van der Waals surface area contributed by atoms with E-state index in [1.807, 2.05) is 75.4 Å². The summed E-state index contributed by atoms with van der Waals surface area (Å²) >= 11 is 0. The van der Waals surface area contributed by atoms with Gasteiger partial charge in [0.1, 0.15) is 0 Å². The van der Waals surface area contributed by atoms with Gasteiger partial charge in [-0.1, -0.05) is 86.5 Å². The molecule has 1 fully saturated rings. The van der Waals surface area contributed by atoms with Crippen LogP contribution in [0.2, 0.25) is 0 Å². The van der Waals surface area contributed by atoms with Gasteiger partial charge in [-0.3, -0.25) is 14.4 Å². The fraction of sp³-hybridized carbons (Fsp3) is 0.471. The zero-order chi connectivity index (χ0) is 31.7. The van der Waals surface area contributed by atoms with E-state index in [-0.39, 0.29) is 35.8 Å². The summed E-state index contributed by atoms with van der Waals surface area (Å²) in [6.07, 6.45) is 6.28. The minimum Gasteiger partial charge on any atom is -0.478 e. The van der Waals surface area contributed by atoms with Gasteiger partial charge in [0, 0.05) is 29.8 Å². The molecule has 2 aromatic rings. The Morgan fingerprint density at radius 1 is 0.929 bits per heavy atom. The van der Waals surface area contributed by atoms with E-state index in [9.17, 15) is 19.2 Å². The highest BCUT2D eigenvalue weighted by molar-refractivity contribution is 6.08. The second kappa shape index (κ2) is 19.4. The number of aliphatic carboxylic acids is 1. The van der Waals surface area contributed by atoms with Gasteiger partial charge in [-0.15, -0.1) is 0 Å². The van der Waals surface area contributed by atoms with Crippen molar-refractivity contribution in [2.45, 2.75) is 72.9 Å². The zero-order valence-electron chi connectivity index (χ0n) is 26.3. The normalized spacial score (nSPS) is 14.1. The molecule has 3 rings (SSSR count). The van der Waals surface area contributed by atoms with E-state index in [0.717, 1.165) is 17.2 Å². The van der Waals surface area contributed by atoms with E-state index in [1.54, 1.807) is 13.1 Å². The minimum atomic E-state index is -1.01. The quantitative estimate of drug-likeness (QED) is 0.223. The van der Waals surface area contributed by atoms with Crippen molar-refractivity contribution in [2.24, 2.45) is 5.92 Å². The van der Waals surface area contributed by atoms with E-state index in [1.165, 1.54) is 49.7 Å². The molecule has 0 spiro atoms. The Morgan fingerprint density at radius 2 is 1.48 bits per heavy atom. The maximum Gasteiger partial charge on any atom is 0.331 e. The van der Waals surface area contributed by atoms with Gasteiger partial charge in [0.25, 0.3) is 0 Å². The monoisotopic (exact) mass is 579 g/mol. The molecule has 2 amide bonds. The molecule has 230 valence electrons. The van der Waals surface area contributed by atoms with Crippen LogP contribution in [-0.4, -0.2) is 77.7 Å². The van der Waals surface area contributed by atoms with Gasteiger partial charge in [0.05, 0.1) is 12.6 Å². The number of rotatable bonds is 10. The van der Waals surface area contributed by atoms with Crippen molar-refractivity contribution in [2.75, 3.05) is 26.7 Å². The van der Waals surface area contributed by atoms with Crippen LogP contribution in [0.1, 0.15) is 75.4 Å². The summed E-state index contributed by atoms with van der Waals surface area (Å²) in [7, 11) is 1.59. The maximum atomic E-state index is 12.0. The van der Waals surface area contributed by atoms with Crippen molar-refractivity contribution in [3.05, 3.63) is 82.9 Å². The van der Waals surface area contributed by atoms with Gasteiger partial charge in [0.2, 0.25) is 12.3 Å². The van der Waals surface area contributed by atoms with Gasteiger partial charge in [0.15, 0.2) is 5.78 Å². The highest BCUT2D eigenvalue weighted by Crippen LogP contribution is 2.14. The third-order valence-electron chi connectivity index (χ3n) is 7.09. The predicted molar refractivity (Wildman–Crippen MR) is 168 cm³/mol. The lowest BCUT2D eigenvalue weighted by Gasteiger charge is -2.29. The number of likely N-dealkylation sites (N-methyl/N-ethyl adjacent to an activating group) is 1. The number of benzene rings is 2. The number of ketones is 1. The average molecular weight is 580 g/mol. The zero-order valence-corrected chi connectivity index (χ0v) is 26.3. The first kappa shape index (κ1) is 36.2. The average Bonchev–Trinajstić information content (AvgIpc) is 2.99. The lowest BCUT2D eigenvalue weighted by molar-refractivity contribution is -0.133. The molecule has 42 heavy (non-hydrogen) atoms. The number of carbonyl (C=O) groups excluding carboxylic acids is 3. The van der Waals surface area contributed by atoms with Crippen molar-refractivity contribution in [1.82, 2.24) is 15.1 Å². The molecule has 8 heteroatoms. The maximum absolute atomic E-state index is 12.0. The molecule has 2 N–H and O–H groups in total. The van der Waals surface area contributed by atoms with E-state index < -0.39 is 5.97 Å². The summed E-state index contributed by atoms with van der Waals surface area (Å²) in [6.45, 7) is 14.4. The van der Waals surface area contributed by atoms with Crippen LogP contribution in [0, 0.1) is 12.8 Å². The molecular weight excluding hydrogens is 530 g/mol. The third-order valence-corrected chi connectivity index (χ3v) is 7.09. The molecule has 1 aliphatic heterocycles. The number of nitrogens with zero attached hydrogens (tertiary/aromatic N) is 2. The number of hydrogen-bond donors (Lipinski definition) is 2. The van der Waals surface area contributed by atoms with Crippen LogP contribution >= 0.6 is 0 Å². The number of carbonyl (C=O) groups is 4. The topological polar surface area (TPSA) is 107 Å². The lowest BCUT2D eigenvalue weighted by atomic mass is 10.00. The van der Waals surface area contributed by atoms with Crippen LogP contribution in [0.4, 0.5) is 0 Å². The number of carboxylic acid groups (broad SMARTS) is 1. The van der Waals surface area contributed by atoms with Crippen LogP contribution in [0.5, 0.6) is 0 Å². The number of amides is 2. The second-order valence-electron chi connectivity index (χ2n) is 11.1. The van der Waals surface area contributed by atoms with Gasteiger partial charge in [-0.25, -0.2) is 4.79 Å². The number of nitrogens with one attached hydrogen (secondary N) is 1. The molecule has 0 aromatic heterocycles. The Bertz CT molecular complexity index is 1140. The summed E-state index contributed by atoms with van der Waals surface area (Å²) < 4.78 is 0. The summed E-state index contributed by atoms with van der Waals surface area (Å²) in [6, 6.07) is 17.4. The smallest absolute Gasteiger partial charge is 0.331 e. The van der Waals surface area contributed by atoms with Crippen molar-refractivity contribution in [1.29, 1.82) is 0 Å². The molecule has 1 atom stereocenters. The standard InChI is InChI=1S/C14H12O.C12H20N2O4.C8H17N/c1-11-7-9-13(10-8-11)14(15)12-5-3-2-4-6-12;1-8(2)10(5-9(3)12(17)18)14(4)11(16)6-13-7-15;1-8(2)9-6-4-3-5-7-9/h2-10H,1H3;5,7-8,10H,6H2,1-4H3,(H,13,15)(H,17,18);8H,3-7H2,1-2H3/b;9-5+;/t;10-;/m.1./s1. The fourth-order valence-corrected chi connectivity index (χ4v) is 4.39. The van der Waals surface area contributed by atoms with E-state index in [0.29, 0.717) is 6.41 Å². The number of hydrogen-bond acceptors (Lipinski definition) is 5. The largest absolute Gasteiger partial charge is 0.478 e. The number of aryl methyl sites for hydroxylation is 1. The molecule has 0 saturated carbocycles. The van der Waals surface area contributed by atoms with Crippen molar-refractivity contribution < 1.29 is 24.3 Å². The van der Waals surface area contributed by atoms with Crippen molar-refractivity contribution >= 4 is 24.1 Å². The first-order chi connectivity index (χ1) is 19.9. The van der Waals surface area contributed by atoms with Crippen molar-refractivity contribution in [3.8, 4) is 0 Å². The van der Waals surface area contributed by atoms with Gasteiger partial charge in [-0.05, 0) is 59.5 Å². The summed E-state index contributed by atoms with van der Waals surface area (Å²) in [5.74, 6) is -1.12. The van der Waals surface area contributed by atoms with E-state index in [4.69, 9.17) is 5.11 Å². The SMILES string of the molecule is C/C(=C\[C@H](C(C)C)N(C)C(=O)CNC=O)C(=O)O.CC(C)N1CCCCC1.Cc1ccc(C(=O)c2ccccc2)cc1. The van der Waals surface area contributed by atoms with Crippen LogP contribution in [0.25, 0.3) is 0 Å². The molecule has 1 saturated heterocycles. The molecule has 0 unspecified atom stereocenters. The van der Waals surface area contributed by atoms with Crippen LogP contribution in [0.3, 0.4) is 0 Å². The highest BCUT2D eigenvalue weighted by Gasteiger charge is 2.22. The molecule has 1 heterocycles. The Morgan fingerprint density at radius 3 is 1.93 bits per heavy atom. The molecular formula is C34H49N3O5. The Hall–Kier alpha value is -3.78. The first-order valence-corrected chi connectivity index (χ1v) is 14.6. The minimum absolute atomic E-state index is 0.0736. The van der Waals surface area contributed by atoms with Crippen LogP contribution in [-0.2, 0) is 14.4 Å². The van der Waals surface area contributed by atoms with Gasteiger partial charge >= 0.3 is 5.97 Å². The first-order valence-electron chi connectivity index (χ1n) is 14.6. The van der Waals surface area contributed by atoms with E-state index in [2.05, 4.69) is 24.1 Å². The van der Waals surface area contributed by atoms with Crippen LogP contribution in [0.15, 0.2) is 66.2 Å². The highest BCUT2D eigenvalue weighted by atomic mass is 16.4. The Kier molecular flexibility index (Phi) is 16.7. The second-order valence-corrected chi connectivity index (χ2v) is 11.1.